The Bertz CT molecular complexity index is 924. The van der Waals surface area contributed by atoms with Gasteiger partial charge in [-0.05, 0) is 0 Å². The van der Waals surface area contributed by atoms with Gasteiger partial charge in [-0.1, -0.05) is 0 Å². The van der Waals surface area contributed by atoms with Crippen LogP contribution >= 0.6 is 0 Å². The van der Waals surface area contributed by atoms with Crippen molar-refractivity contribution in [3.05, 3.63) is 0 Å². The van der Waals surface area contributed by atoms with E-state index in [-0.39, 0.29) is 0 Å². The first-order valence-electron chi connectivity index (χ1n) is 14.9. The molecule has 22 heteroatoms. The quantitative estimate of drug-likeness (QED) is 0.0751. The van der Waals surface area contributed by atoms with Crippen molar-refractivity contribution in [1.82, 2.24) is 10.6 Å². The highest BCUT2D eigenvalue weighted by molar-refractivity contribution is 5.84. The van der Waals surface area contributed by atoms with Crippen LogP contribution in [0, 0.1) is 0 Å². The topological polar surface area (TPSA) is 356 Å². The van der Waals surface area contributed by atoms with Crippen LogP contribution in [0.2, 0.25) is 0 Å². The maximum Gasteiger partial charge on any atom is 0.240 e. The number of ether oxygens (including phenoxy) is 6. The van der Waals surface area contributed by atoms with Gasteiger partial charge in [0.05, 0.1) is 46.2 Å². The summed E-state index contributed by atoms with van der Waals surface area (Å²) >= 11 is 0. The second-order valence-electron chi connectivity index (χ2n) is 11.8. The SMILES string of the molecule is CC(=O)NCC(=O)NC(COC1OC(CO)[C@H](O)C(O)C1O)(CO[C@@H]1OC(CO)[C@H](O)C(O)C1O)CO[C@@H]1OC(CO)[C@H](O)C(O)C1O. The number of nitrogens with one attached hydrogen (secondary N) is 2. The number of aliphatic hydroxyl groups is 12. The van der Waals surface area contributed by atoms with Gasteiger partial charge in [-0.3, -0.25) is 9.59 Å². The van der Waals surface area contributed by atoms with Gasteiger partial charge in [-0.15, -0.1) is 0 Å². The smallest absolute Gasteiger partial charge is 0.240 e. The number of amides is 2. The zero-order valence-corrected chi connectivity index (χ0v) is 25.7. The van der Waals surface area contributed by atoms with Crippen molar-refractivity contribution in [3.8, 4) is 0 Å². The lowest BCUT2D eigenvalue weighted by atomic mass is 9.98. The zero-order valence-electron chi connectivity index (χ0n) is 25.7. The molecule has 15 atom stereocenters. The Labute approximate surface area is 272 Å². The molecule has 0 radical (unpaired) electrons. The van der Waals surface area contributed by atoms with Gasteiger partial charge in [0.25, 0.3) is 0 Å². The van der Waals surface area contributed by atoms with Crippen molar-refractivity contribution in [1.29, 1.82) is 0 Å². The molecule has 2 amide bonds. The third-order valence-electron chi connectivity index (χ3n) is 8.02. The van der Waals surface area contributed by atoms with Crippen molar-refractivity contribution >= 4 is 11.8 Å². The molecule has 10 unspecified atom stereocenters. The van der Waals surface area contributed by atoms with Gasteiger partial charge < -0.3 is 100 Å². The van der Waals surface area contributed by atoms with E-state index in [0.29, 0.717) is 0 Å². The molecule has 0 aliphatic carbocycles. The van der Waals surface area contributed by atoms with Crippen LogP contribution in [-0.2, 0) is 38.0 Å². The lowest BCUT2D eigenvalue weighted by molar-refractivity contribution is -0.324. The Morgan fingerprint density at radius 2 is 0.875 bits per heavy atom. The normalized spacial score (nSPS) is 41.7. The molecule has 14 N–H and O–H groups in total. The van der Waals surface area contributed by atoms with E-state index < -0.39 is 156 Å². The van der Waals surface area contributed by atoms with Gasteiger partial charge in [0.15, 0.2) is 18.9 Å². The highest BCUT2D eigenvalue weighted by Crippen LogP contribution is 2.27. The van der Waals surface area contributed by atoms with Crippen LogP contribution in [0.25, 0.3) is 0 Å². The monoisotopic (exact) mass is 706 g/mol. The third kappa shape index (κ3) is 9.71. The lowest BCUT2D eigenvalue weighted by Gasteiger charge is -2.44. The summed E-state index contributed by atoms with van der Waals surface area (Å²) in [6, 6.07) is 0. The van der Waals surface area contributed by atoms with E-state index in [1.54, 1.807) is 0 Å². The van der Waals surface area contributed by atoms with Crippen LogP contribution in [0.5, 0.6) is 0 Å². The van der Waals surface area contributed by atoms with Crippen LogP contribution in [0.4, 0.5) is 0 Å². The molecule has 22 nitrogen and oxygen atoms in total. The van der Waals surface area contributed by atoms with Crippen molar-refractivity contribution in [2.75, 3.05) is 46.2 Å². The molecule has 3 fully saturated rings. The molecule has 280 valence electrons. The fraction of sp³-hybridized carbons (Fsp3) is 0.923. The number of hydrogen-bond donors (Lipinski definition) is 14. The fourth-order valence-corrected chi connectivity index (χ4v) is 5.12. The Morgan fingerprint density at radius 3 is 1.15 bits per heavy atom. The number of aliphatic hydroxyl groups excluding tert-OH is 12. The van der Waals surface area contributed by atoms with Gasteiger partial charge in [0.1, 0.15) is 78.8 Å². The van der Waals surface area contributed by atoms with E-state index in [2.05, 4.69) is 10.6 Å². The largest absolute Gasteiger partial charge is 0.394 e. The number of rotatable bonds is 15. The zero-order chi connectivity index (χ0) is 35.9. The predicted octanol–water partition coefficient (Wildman–Crippen LogP) is -9.57. The molecule has 0 aromatic rings. The fourth-order valence-electron chi connectivity index (χ4n) is 5.12. The molecule has 0 bridgehead atoms. The van der Waals surface area contributed by atoms with Crippen molar-refractivity contribution < 1.29 is 99.3 Å². The average molecular weight is 707 g/mol. The first kappa shape index (κ1) is 40.6. The molecule has 0 aromatic carbocycles. The minimum atomic E-state index is -2.08. The van der Waals surface area contributed by atoms with E-state index in [1.807, 2.05) is 0 Å². The van der Waals surface area contributed by atoms with Crippen LogP contribution < -0.4 is 10.6 Å². The number of carbonyl (C=O) groups excluding carboxylic acids is 2. The number of hydrogen-bond acceptors (Lipinski definition) is 20. The maximum atomic E-state index is 13.0. The first-order chi connectivity index (χ1) is 22.6. The molecule has 3 aliphatic rings. The summed E-state index contributed by atoms with van der Waals surface area (Å²) in [6.07, 6.45) is -26.2. The Balaban J connectivity index is 1.94. The molecule has 48 heavy (non-hydrogen) atoms. The summed E-state index contributed by atoms with van der Waals surface area (Å²) in [6.45, 7) is -4.48. The number of carbonyl (C=O) groups is 2. The molecular weight excluding hydrogens is 660 g/mol. The second-order valence-corrected chi connectivity index (χ2v) is 11.8. The molecule has 3 heterocycles. The van der Waals surface area contributed by atoms with Crippen molar-refractivity contribution in [3.63, 3.8) is 0 Å². The van der Waals surface area contributed by atoms with Crippen molar-refractivity contribution in [2.45, 2.75) is 105 Å². The predicted molar refractivity (Wildman–Crippen MR) is 149 cm³/mol. The van der Waals surface area contributed by atoms with E-state index in [1.165, 1.54) is 0 Å². The summed E-state index contributed by atoms with van der Waals surface area (Å²) in [7, 11) is 0. The van der Waals surface area contributed by atoms with Crippen LogP contribution in [0.1, 0.15) is 6.92 Å². The van der Waals surface area contributed by atoms with Gasteiger partial charge in [0.2, 0.25) is 11.8 Å². The standard InChI is InChI=1S/C26H46N2O20/c1-9(32)27-2-13(33)28-26(6-43-23-20(40)17(37)14(34)10(3-29)46-23,7-44-24-21(41)18(38)15(35)11(4-30)47-24)8-45-25-22(42)19(39)16(36)12(5-31)48-25/h10-12,14-25,29-31,34-42H,2-8H2,1H3,(H,27,32)(H,28,33)/t10?,11?,12?,14-,15-,16-,17?,18?,19?,20?,21?,22?,23+,24+,25?,26?/m0/s1. The molecule has 0 aromatic heterocycles. The van der Waals surface area contributed by atoms with Crippen LogP contribution in [-0.4, -0.2) is 217 Å². The minimum Gasteiger partial charge on any atom is -0.394 e. The molecule has 3 aliphatic heterocycles. The minimum absolute atomic E-state index is 0.608. The van der Waals surface area contributed by atoms with Gasteiger partial charge in [0, 0.05) is 6.92 Å². The molecular formula is C26H46N2O20. The Hall–Kier alpha value is -1.78. The maximum absolute atomic E-state index is 13.0. The van der Waals surface area contributed by atoms with E-state index in [0.717, 1.165) is 6.92 Å². The van der Waals surface area contributed by atoms with Gasteiger partial charge in [-0.25, -0.2) is 0 Å². The molecule has 3 saturated heterocycles. The van der Waals surface area contributed by atoms with Gasteiger partial charge >= 0.3 is 0 Å². The molecule has 0 spiro atoms. The van der Waals surface area contributed by atoms with Crippen LogP contribution in [0.3, 0.4) is 0 Å². The summed E-state index contributed by atoms with van der Waals surface area (Å²) in [5, 5.41) is 126. The Morgan fingerprint density at radius 1 is 0.562 bits per heavy atom. The average Bonchev–Trinajstić information content (AvgIpc) is 3.06. The van der Waals surface area contributed by atoms with Gasteiger partial charge in [-0.2, -0.15) is 0 Å². The summed E-state index contributed by atoms with van der Waals surface area (Å²) < 4.78 is 33.0. The van der Waals surface area contributed by atoms with E-state index in [4.69, 9.17) is 28.4 Å². The van der Waals surface area contributed by atoms with E-state index in [9.17, 15) is 70.9 Å². The first-order valence-corrected chi connectivity index (χ1v) is 14.9. The van der Waals surface area contributed by atoms with Crippen LogP contribution in [0.15, 0.2) is 0 Å². The molecule has 3 rings (SSSR count). The Kier molecular flexibility index (Phi) is 15.2. The summed E-state index contributed by atoms with van der Waals surface area (Å²) in [5.74, 6) is -1.54. The molecule has 0 saturated carbocycles. The second kappa shape index (κ2) is 17.9. The summed E-state index contributed by atoms with van der Waals surface area (Å²) in [4.78, 5) is 24.5. The highest BCUT2D eigenvalue weighted by Gasteiger charge is 2.49. The van der Waals surface area contributed by atoms with E-state index >= 15 is 0 Å². The van der Waals surface area contributed by atoms with Crippen molar-refractivity contribution in [2.24, 2.45) is 0 Å². The highest BCUT2D eigenvalue weighted by atomic mass is 16.7. The third-order valence-corrected chi connectivity index (χ3v) is 8.02. The lowest BCUT2D eigenvalue weighted by Crippen LogP contribution is -2.66. The summed E-state index contributed by atoms with van der Waals surface area (Å²) in [5.41, 5.74) is -2.08.